The van der Waals surface area contributed by atoms with Crippen LogP contribution < -0.4 is 15.5 Å². The maximum absolute atomic E-state index is 10.6. The predicted octanol–water partition coefficient (Wildman–Crippen LogP) is 9.22. The van der Waals surface area contributed by atoms with Crippen molar-refractivity contribution in [3.05, 3.63) is 18.0 Å². The van der Waals surface area contributed by atoms with Crippen molar-refractivity contribution in [3.63, 3.8) is 0 Å². The lowest BCUT2D eigenvalue weighted by molar-refractivity contribution is -0.00936. The number of aliphatic imine (C=N–C) groups is 1. The summed E-state index contributed by atoms with van der Waals surface area (Å²) in [4.78, 5) is 20.8. The molecule has 52 heavy (non-hydrogen) atoms. The highest BCUT2D eigenvalue weighted by Gasteiger charge is 2.42. The molecule has 0 amide bonds. The van der Waals surface area contributed by atoms with Crippen LogP contribution in [0.25, 0.3) is 0 Å². The molecular formula is C42H77N7O3. The Morgan fingerprint density at radius 2 is 1.33 bits per heavy atom. The van der Waals surface area contributed by atoms with Gasteiger partial charge in [0.1, 0.15) is 18.0 Å². The molecule has 0 spiro atoms. The third-order valence-electron chi connectivity index (χ3n) is 11.0. The van der Waals surface area contributed by atoms with Gasteiger partial charge in [-0.1, -0.05) is 103 Å². The van der Waals surface area contributed by atoms with Crippen molar-refractivity contribution in [2.24, 2.45) is 10.9 Å². The molecule has 4 unspecified atom stereocenters. The van der Waals surface area contributed by atoms with Crippen molar-refractivity contribution >= 4 is 18.1 Å². The van der Waals surface area contributed by atoms with E-state index in [1.54, 1.807) is 13.8 Å². The zero-order chi connectivity index (χ0) is 38.0. The first-order valence-electron chi connectivity index (χ1n) is 21.0. The van der Waals surface area contributed by atoms with Gasteiger partial charge in [-0.05, 0) is 91.7 Å². The lowest BCUT2D eigenvalue weighted by Crippen LogP contribution is -2.59. The third-order valence-corrected chi connectivity index (χ3v) is 11.0. The lowest BCUT2D eigenvalue weighted by Gasteiger charge is -2.48. The second-order valence-corrected chi connectivity index (χ2v) is 17.1. The van der Waals surface area contributed by atoms with E-state index in [4.69, 9.17) is 19.7 Å². The third kappa shape index (κ3) is 14.9. The van der Waals surface area contributed by atoms with Gasteiger partial charge in [-0.2, -0.15) is 15.0 Å². The van der Waals surface area contributed by atoms with E-state index in [1.165, 1.54) is 94.8 Å². The molecule has 0 radical (unpaired) electrons. The zero-order valence-corrected chi connectivity index (χ0v) is 34.4. The van der Waals surface area contributed by atoms with Gasteiger partial charge in [-0.25, -0.2) is 0 Å². The lowest BCUT2D eigenvalue weighted by atomic mass is 9.72. The van der Waals surface area contributed by atoms with Crippen molar-refractivity contribution < 1.29 is 14.9 Å². The Hall–Kier alpha value is -2.14. The first-order valence-corrected chi connectivity index (χ1v) is 21.0. The second kappa shape index (κ2) is 22.3. The number of methoxy groups -OCH3 is 1. The zero-order valence-electron chi connectivity index (χ0n) is 34.4. The van der Waals surface area contributed by atoms with Crippen molar-refractivity contribution in [3.8, 4) is 0 Å². The molecule has 1 aromatic rings. The van der Waals surface area contributed by atoms with Crippen LogP contribution in [0.15, 0.2) is 17.1 Å². The average molecular weight is 728 g/mol. The van der Waals surface area contributed by atoms with Gasteiger partial charge in [-0.15, -0.1) is 0 Å². The molecule has 2 aliphatic rings. The van der Waals surface area contributed by atoms with Gasteiger partial charge in [0.25, 0.3) is 0 Å². The number of aromatic nitrogens is 3. The molecule has 0 bridgehead atoms. The number of hydrogen-bond acceptors (Lipinski definition) is 10. The molecule has 10 heteroatoms. The summed E-state index contributed by atoms with van der Waals surface area (Å²) in [6.07, 6.45) is 28.8. The number of hydrogen-bond donors (Lipinski definition) is 4. The molecule has 298 valence electrons. The molecule has 0 aromatic carbocycles. The minimum absolute atomic E-state index is 0.0217. The number of anilines is 2. The van der Waals surface area contributed by atoms with Gasteiger partial charge < -0.3 is 25.6 Å². The standard InChI is InChI=1S/C42H77N7O3/c1-9-10-11-12-13-14-15-16-17-18-19-20-21-22-23-24-29-43-38-45-37(46-39(47-38)49(33(2)50)34(3)51)42(27-25-30-44-42)28-26-36(52-8)35-31-40(4,5)48-41(6,7)32-35/h25,27,30,33-36,48,50-51H,9-24,26,28-29,31-32H2,1-8H3,(H,43,45,46,47). The van der Waals surface area contributed by atoms with Crippen LogP contribution in [0.1, 0.15) is 183 Å². The highest BCUT2D eigenvalue weighted by molar-refractivity contribution is 5.75. The topological polar surface area (TPSA) is 128 Å². The fraction of sp³-hybridized carbons (Fsp3) is 0.857. The Kier molecular flexibility index (Phi) is 19.0. The molecule has 4 N–H and O–H groups in total. The number of aliphatic hydroxyl groups is 2. The van der Waals surface area contributed by atoms with Crippen molar-refractivity contribution in [2.75, 3.05) is 23.9 Å². The van der Waals surface area contributed by atoms with Crippen molar-refractivity contribution in [2.45, 2.75) is 212 Å². The summed E-state index contributed by atoms with van der Waals surface area (Å²) < 4.78 is 6.17. The van der Waals surface area contributed by atoms with Crippen LogP contribution in [0, 0.1) is 5.92 Å². The van der Waals surface area contributed by atoms with Gasteiger partial charge in [0.15, 0.2) is 5.82 Å². The molecule has 0 saturated carbocycles. The molecule has 3 rings (SSSR count). The number of ether oxygens (including phenoxy) is 1. The molecular weight excluding hydrogens is 651 g/mol. The Morgan fingerprint density at radius 1 is 0.808 bits per heavy atom. The number of unbranched alkanes of at least 4 members (excludes halogenated alkanes) is 15. The van der Waals surface area contributed by atoms with Crippen LogP contribution in [0.2, 0.25) is 0 Å². The quantitative estimate of drug-likeness (QED) is 0.0518. The fourth-order valence-corrected chi connectivity index (χ4v) is 8.66. The van der Waals surface area contributed by atoms with Gasteiger partial charge in [0.2, 0.25) is 11.9 Å². The number of nitrogens with one attached hydrogen (secondary N) is 2. The Balaban J connectivity index is 1.55. The molecule has 3 heterocycles. The summed E-state index contributed by atoms with van der Waals surface area (Å²) >= 11 is 0. The van der Waals surface area contributed by atoms with Crippen LogP contribution >= 0.6 is 0 Å². The molecule has 10 nitrogen and oxygen atoms in total. The van der Waals surface area contributed by atoms with E-state index in [0.717, 1.165) is 38.6 Å². The molecule has 2 aliphatic heterocycles. The minimum Gasteiger partial charge on any atom is -0.381 e. The Morgan fingerprint density at radius 3 is 1.79 bits per heavy atom. The minimum atomic E-state index is -0.994. The smallest absolute Gasteiger partial charge is 0.234 e. The van der Waals surface area contributed by atoms with E-state index in [1.807, 2.05) is 19.4 Å². The van der Waals surface area contributed by atoms with Crippen molar-refractivity contribution in [1.29, 1.82) is 0 Å². The number of piperidine rings is 1. The van der Waals surface area contributed by atoms with Crippen molar-refractivity contribution in [1.82, 2.24) is 20.3 Å². The molecule has 4 atom stereocenters. The van der Waals surface area contributed by atoms with E-state index in [2.05, 4.69) is 56.3 Å². The van der Waals surface area contributed by atoms with Crippen LogP contribution in [0.3, 0.4) is 0 Å². The Bertz CT molecular complexity index is 1170. The van der Waals surface area contributed by atoms with Crippen LogP contribution in [0.5, 0.6) is 0 Å². The summed E-state index contributed by atoms with van der Waals surface area (Å²) in [6, 6.07) is 0. The average Bonchev–Trinajstić information content (AvgIpc) is 3.55. The second-order valence-electron chi connectivity index (χ2n) is 17.1. The fourth-order valence-electron chi connectivity index (χ4n) is 8.66. The van der Waals surface area contributed by atoms with Gasteiger partial charge in [-0.3, -0.25) is 9.89 Å². The van der Waals surface area contributed by atoms with Gasteiger partial charge >= 0.3 is 0 Å². The number of nitrogens with zero attached hydrogens (tertiary/aromatic N) is 5. The summed E-state index contributed by atoms with van der Waals surface area (Å²) in [5.41, 5.74) is -0.748. The van der Waals surface area contributed by atoms with Gasteiger partial charge in [0.05, 0.1) is 6.10 Å². The van der Waals surface area contributed by atoms with E-state index in [0.29, 0.717) is 24.1 Å². The Labute approximate surface area is 317 Å². The van der Waals surface area contributed by atoms with Crippen LogP contribution in [-0.2, 0) is 10.3 Å². The highest BCUT2D eigenvalue weighted by atomic mass is 16.5. The van der Waals surface area contributed by atoms with Crippen LogP contribution in [0.4, 0.5) is 11.9 Å². The first-order chi connectivity index (χ1) is 24.8. The number of aliphatic hydroxyl groups excluding tert-OH is 2. The molecule has 0 aliphatic carbocycles. The normalized spacial score (nSPS) is 21.3. The highest BCUT2D eigenvalue weighted by Crippen LogP contribution is 2.40. The summed E-state index contributed by atoms with van der Waals surface area (Å²) in [6.45, 7) is 15.3. The maximum Gasteiger partial charge on any atom is 0.234 e. The monoisotopic (exact) mass is 728 g/mol. The molecule has 1 fully saturated rings. The van der Waals surface area contributed by atoms with E-state index in [-0.39, 0.29) is 23.1 Å². The predicted molar refractivity (Wildman–Crippen MR) is 217 cm³/mol. The van der Waals surface area contributed by atoms with Gasteiger partial charge in [0, 0.05) is 30.9 Å². The summed E-state index contributed by atoms with van der Waals surface area (Å²) in [7, 11) is 1.82. The molecule has 1 saturated heterocycles. The van der Waals surface area contributed by atoms with E-state index in [9.17, 15) is 10.2 Å². The van der Waals surface area contributed by atoms with E-state index < -0.39 is 18.0 Å². The first kappa shape index (κ1) is 44.3. The number of allylic oxidation sites excluding steroid dienone is 1. The SMILES string of the molecule is CCCCCCCCCCCCCCCCCCNc1nc(N(C(C)O)C(C)O)nc(C2(CCC(OC)C3CC(C)(C)NC(C)(C)C3)C=CC=N2)n1. The van der Waals surface area contributed by atoms with E-state index >= 15 is 0 Å². The maximum atomic E-state index is 10.6. The summed E-state index contributed by atoms with van der Waals surface area (Å²) in [5, 5.41) is 28.4. The summed E-state index contributed by atoms with van der Waals surface area (Å²) in [5.74, 6) is 1.57. The molecule has 1 aromatic heterocycles. The van der Waals surface area contributed by atoms with Crippen LogP contribution in [-0.4, -0.2) is 74.7 Å². The number of rotatable bonds is 27. The largest absolute Gasteiger partial charge is 0.381 e.